The fourth-order valence-electron chi connectivity index (χ4n) is 15.4. The third kappa shape index (κ3) is 25.2. The molecule has 0 saturated carbocycles. The van der Waals surface area contributed by atoms with E-state index in [0.717, 1.165) is 123 Å². The zero-order valence-corrected chi connectivity index (χ0v) is 88.6. The predicted octanol–water partition coefficient (Wildman–Crippen LogP) is 30.0. The zero-order chi connectivity index (χ0) is 100. The maximum Gasteiger partial charge on any atom is 0.216 e. The minimum Gasteiger partial charge on any atom is -0.486 e. The molecule has 0 amide bonds. The van der Waals surface area contributed by atoms with Gasteiger partial charge in [0.25, 0.3) is 0 Å². The van der Waals surface area contributed by atoms with E-state index in [0.29, 0.717) is 78.1 Å². The van der Waals surface area contributed by atoms with Crippen molar-refractivity contribution in [2.75, 3.05) is 0 Å². The fourth-order valence-corrected chi connectivity index (χ4v) is 15.4. The minimum absolute atomic E-state index is 0. The molecule has 0 aliphatic carbocycles. The Balaban J connectivity index is 0.000000143. The SMILES string of the molecule is Cc1cc(C(C)(C)C)nc2oc3c(-c4ccccn4)[c-]ccc3c12.Cc1cc(C)c2c(n1)oc1c(-c3ccccn3)[c-]ccc12.[2H]C([2H])([2H])c1c[c-]c(-c2ccccn2)c2oc3nc(C(C)(C)C)ccc3c12.[2H]C([2H])([2H])c1c[c-]c(-c2ccccn2)c2oc3nc(C)ccc3c12.[Ir].[Ir].[Ir].[Ir].[c-]1ccccc1-c1ccccn1.[c-]1ccccc1-c1ccccn1.[c-]1ccccc1-c1ccccn1.[c-]1ccccc1-c1ccccn1. The number of pyridine rings is 12. The summed E-state index contributed by atoms with van der Waals surface area (Å²) in [4.78, 5) is 52.7. The van der Waals surface area contributed by atoms with Crippen molar-refractivity contribution in [3.8, 4) is 90.1 Å². The van der Waals surface area contributed by atoms with E-state index in [2.05, 4.69) is 171 Å². The smallest absolute Gasteiger partial charge is 0.216 e. The largest absolute Gasteiger partial charge is 0.486 e. The molecule has 0 N–H and O–H groups in total. The molecule has 0 fully saturated rings. The Labute approximate surface area is 889 Å². The standard InChI is InChI=1S/2C21H19N2O.2C18H13N2O.4C11H8N.4Ir/c1-13-12-17(21(2,3)4)23-20-18(13)15-9-7-8-14(19(15)24-20)16-10-5-6-11-22-16;1-13-8-9-14(16-7-5-6-12-22-16)19-18(13)15-10-11-17(21(2,3)4)23-20(15)24-19;1-11-10-12(2)20-18-16(11)14-7-5-6-13(17(14)21-18)15-8-3-4-9-19-15;1-11-6-8-13(15-5-3-4-10-19-15)17-16(11)14-9-7-12(2)20-18(14)21-17;4*1-2-6-10(7-3-1)11-8-4-5-9-12-11;;;;/h5-7,9-12H,1-4H3;5-8,10-12H,1-4H3;3-5,7-10H,1-2H3;3-7,9-10H,1-2H3;4*1-6,8-9H;;;;/q8*-1;;;;/i;1D3;;1D3;;;;;;;;. The van der Waals surface area contributed by atoms with Crippen LogP contribution in [0.25, 0.3) is 178 Å². The molecular weight excluding hydrogens is 2470 g/mol. The first kappa shape index (κ1) is 96.2. The molecule has 16 heterocycles. The van der Waals surface area contributed by atoms with Crippen molar-refractivity contribution in [2.24, 2.45) is 0 Å². The van der Waals surface area contributed by atoms with Crippen LogP contribution in [0, 0.1) is 89.9 Å². The molecule has 142 heavy (non-hydrogen) atoms. The number of fused-ring (bicyclic) bond motifs is 12. The molecule has 712 valence electrons. The van der Waals surface area contributed by atoms with Gasteiger partial charge in [0.2, 0.25) is 22.9 Å². The summed E-state index contributed by atoms with van der Waals surface area (Å²) < 4.78 is 71.4. The van der Waals surface area contributed by atoms with Crippen LogP contribution in [0.2, 0.25) is 0 Å². The van der Waals surface area contributed by atoms with E-state index in [1.807, 2.05) is 305 Å². The second-order valence-corrected chi connectivity index (χ2v) is 34.1. The van der Waals surface area contributed by atoms with Crippen LogP contribution in [-0.4, -0.2) is 59.8 Å². The van der Waals surface area contributed by atoms with Gasteiger partial charge in [-0.1, -0.05) is 196 Å². The number of aromatic nitrogens is 12. The fraction of sp³-hybridized carbons (Fsp3) is 0.115. The second-order valence-electron chi connectivity index (χ2n) is 34.1. The van der Waals surface area contributed by atoms with Crippen LogP contribution in [0.4, 0.5) is 0 Å². The molecule has 0 spiro atoms. The van der Waals surface area contributed by atoms with Gasteiger partial charge in [-0.2, -0.15) is 0 Å². The molecule has 16 aromatic heterocycles. The van der Waals surface area contributed by atoms with Crippen molar-refractivity contribution in [2.45, 2.75) is 93.8 Å². The first-order chi connectivity index (χ1) is 69.7. The first-order valence-corrected chi connectivity index (χ1v) is 44.8. The Kier molecular flexibility index (Phi) is 33.2. The number of furan rings is 4. The molecule has 24 rings (SSSR count). The van der Waals surface area contributed by atoms with Crippen LogP contribution in [0.3, 0.4) is 0 Å². The monoisotopic (exact) mass is 2570 g/mol. The summed E-state index contributed by atoms with van der Waals surface area (Å²) in [5.41, 5.74) is 25.2. The van der Waals surface area contributed by atoms with Crippen molar-refractivity contribution in [1.82, 2.24) is 59.8 Å². The first-order valence-electron chi connectivity index (χ1n) is 47.8. The van der Waals surface area contributed by atoms with Crippen LogP contribution < -0.4 is 0 Å². The normalized spacial score (nSPS) is 11.5. The van der Waals surface area contributed by atoms with Crippen LogP contribution >= 0.6 is 0 Å². The van der Waals surface area contributed by atoms with E-state index in [1.165, 1.54) is 23.3 Å². The van der Waals surface area contributed by atoms with Gasteiger partial charge in [0.1, 0.15) is 0 Å². The van der Waals surface area contributed by atoms with Gasteiger partial charge in [0.15, 0.2) is 0 Å². The molecule has 0 saturated heterocycles. The van der Waals surface area contributed by atoms with Crippen molar-refractivity contribution in [3.05, 3.63) is 459 Å². The summed E-state index contributed by atoms with van der Waals surface area (Å²) in [5, 5.41) is 6.76. The molecule has 24 aromatic rings. The van der Waals surface area contributed by atoms with Crippen LogP contribution in [0.15, 0.2) is 383 Å². The van der Waals surface area contributed by atoms with Gasteiger partial charge >= 0.3 is 0 Å². The maximum atomic E-state index is 7.92. The Hall–Kier alpha value is -14.6. The van der Waals surface area contributed by atoms with Crippen molar-refractivity contribution in [3.63, 3.8) is 0 Å². The van der Waals surface area contributed by atoms with E-state index in [1.54, 1.807) is 49.6 Å². The predicted molar refractivity (Wildman–Crippen MR) is 554 cm³/mol. The van der Waals surface area contributed by atoms with Gasteiger partial charge in [0, 0.05) is 188 Å². The number of benzene rings is 8. The van der Waals surface area contributed by atoms with Crippen molar-refractivity contribution in [1.29, 1.82) is 0 Å². The maximum absolute atomic E-state index is 7.92. The quantitative estimate of drug-likeness (QED) is 0.130. The average molecular weight is 2570 g/mol. The zero-order valence-electron chi connectivity index (χ0n) is 85.0. The van der Waals surface area contributed by atoms with E-state index >= 15 is 0 Å². The van der Waals surface area contributed by atoms with Gasteiger partial charge < -0.3 is 57.5 Å². The Morgan fingerprint density at radius 1 is 0.239 bits per heavy atom. The molecule has 0 aliphatic heterocycles. The molecule has 0 unspecified atom stereocenters. The summed E-state index contributed by atoms with van der Waals surface area (Å²) in [5.74, 6) is 0. The van der Waals surface area contributed by atoms with Gasteiger partial charge in [0.05, 0.1) is 28.0 Å². The Bertz CT molecular complexity index is 8000. The van der Waals surface area contributed by atoms with E-state index < -0.39 is 13.7 Å². The van der Waals surface area contributed by atoms with Gasteiger partial charge in [-0.3, -0.25) is 0 Å². The molecule has 8 aromatic carbocycles. The topological polar surface area (TPSA) is 207 Å². The summed E-state index contributed by atoms with van der Waals surface area (Å²) in [6.07, 6.45) is 14.1. The number of hydrogen-bond acceptors (Lipinski definition) is 16. The van der Waals surface area contributed by atoms with E-state index in [4.69, 9.17) is 30.9 Å². The summed E-state index contributed by atoms with van der Waals surface area (Å²) in [7, 11) is 0. The number of nitrogens with zero attached hydrogens (tertiary/aromatic N) is 12. The van der Waals surface area contributed by atoms with Crippen LogP contribution in [-0.2, 0) is 91.3 Å². The molecule has 0 aliphatic rings. The van der Waals surface area contributed by atoms with Crippen LogP contribution in [0.5, 0.6) is 0 Å². The molecule has 4 radical (unpaired) electrons. The summed E-state index contributed by atoms with van der Waals surface area (Å²) in [6, 6.07) is 125. The molecular formula is C122H96Ir4N12O4-8. The van der Waals surface area contributed by atoms with E-state index in [-0.39, 0.29) is 102 Å². The molecule has 20 heteroatoms. The average Bonchev–Trinajstić information content (AvgIpc) is 1.60. The van der Waals surface area contributed by atoms with Crippen LogP contribution in [0.1, 0.15) is 94.8 Å². The third-order valence-electron chi connectivity index (χ3n) is 22.1. The second kappa shape index (κ2) is 49.0. The molecule has 0 atom stereocenters. The summed E-state index contributed by atoms with van der Waals surface area (Å²) in [6.45, 7) is 16.2. The van der Waals surface area contributed by atoms with Crippen molar-refractivity contribution < 1.29 is 106 Å². The Morgan fingerprint density at radius 2 is 0.535 bits per heavy atom. The molecule has 16 nitrogen and oxygen atoms in total. The van der Waals surface area contributed by atoms with Gasteiger partial charge in [-0.15, -0.1) is 215 Å². The minimum atomic E-state index is -2.28. The van der Waals surface area contributed by atoms with E-state index in [9.17, 15) is 0 Å². The summed E-state index contributed by atoms with van der Waals surface area (Å²) >= 11 is 0. The number of rotatable bonds is 8. The number of hydrogen-bond donors (Lipinski definition) is 0. The van der Waals surface area contributed by atoms with Gasteiger partial charge in [-0.05, 0) is 169 Å². The van der Waals surface area contributed by atoms with Gasteiger partial charge in [-0.25, -0.2) is 19.9 Å². The third-order valence-corrected chi connectivity index (χ3v) is 22.1. The Morgan fingerprint density at radius 3 is 0.859 bits per heavy atom. The van der Waals surface area contributed by atoms with Crippen molar-refractivity contribution >= 4 is 88.3 Å². The number of aryl methyl sites for hydroxylation is 6. The molecule has 0 bridgehead atoms.